The summed E-state index contributed by atoms with van der Waals surface area (Å²) in [6.45, 7) is 3.56. The van der Waals surface area contributed by atoms with Crippen LogP contribution in [0.2, 0.25) is 0 Å². The third-order valence-corrected chi connectivity index (χ3v) is 2.26. The van der Waals surface area contributed by atoms with Gasteiger partial charge in [0, 0.05) is 12.1 Å². The summed E-state index contributed by atoms with van der Waals surface area (Å²) in [7, 11) is 0. The van der Waals surface area contributed by atoms with Crippen molar-refractivity contribution in [1.82, 2.24) is 0 Å². The van der Waals surface area contributed by atoms with Crippen molar-refractivity contribution in [3.05, 3.63) is 48.1 Å². The normalized spacial score (nSPS) is 12.1. The maximum atomic E-state index is 13.4. The number of rotatable bonds is 5. The molecule has 80 valence electrons. The van der Waals surface area contributed by atoms with Crippen LogP contribution < -0.4 is 0 Å². The van der Waals surface area contributed by atoms with Gasteiger partial charge < -0.3 is 5.41 Å². The third-order valence-electron chi connectivity index (χ3n) is 2.26. The maximum absolute atomic E-state index is 13.4. The SMILES string of the molecule is C=CCCC(C=N)c1cccc(F)c1F. The summed E-state index contributed by atoms with van der Waals surface area (Å²) in [5.41, 5.74) is 0.242. The van der Waals surface area contributed by atoms with Crippen molar-refractivity contribution in [2.75, 3.05) is 0 Å². The fraction of sp³-hybridized carbons (Fsp3) is 0.250. The Balaban J connectivity index is 2.95. The Morgan fingerprint density at radius 3 is 2.73 bits per heavy atom. The Bertz CT molecular complexity index is 361. The van der Waals surface area contributed by atoms with Crippen LogP contribution in [0, 0.1) is 17.0 Å². The molecule has 0 saturated carbocycles. The number of hydrogen-bond donors (Lipinski definition) is 1. The molecule has 0 aromatic heterocycles. The van der Waals surface area contributed by atoms with Crippen LogP contribution in [-0.4, -0.2) is 6.21 Å². The number of hydrogen-bond acceptors (Lipinski definition) is 1. The molecular weight excluding hydrogens is 196 g/mol. The Hall–Kier alpha value is -1.51. The van der Waals surface area contributed by atoms with Gasteiger partial charge in [0.25, 0.3) is 0 Å². The van der Waals surface area contributed by atoms with Gasteiger partial charge in [-0.1, -0.05) is 18.2 Å². The highest BCUT2D eigenvalue weighted by molar-refractivity contribution is 5.64. The zero-order chi connectivity index (χ0) is 11.3. The Kier molecular flexibility index (Phi) is 4.16. The molecule has 1 N–H and O–H groups in total. The molecule has 0 amide bonds. The lowest BCUT2D eigenvalue weighted by Crippen LogP contribution is -2.04. The number of allylic oxidation sites excluding steroid dienone is 1. The summed E-state index contributed by atoms with van der Waals surface area (Å²) in [4.78, 5) is 0. The van der Waals surface area contributed by atoms with E-state index in [2.05, 4.69) is 6.58 Å². The largest absolute Gasteiger partial charge is 0.312 e. The number of nitrogens with one attached hydrogen (secondary N) is 1. The number of halogens is 2. The van der Waals surface area contributed by atoms with Crippen molar-refractivity contribution < 1.29 is 8.78 Å². The standard InChI is InChI=1S/C12H13F2N/c1-2-3-5-9(8-15)10-6-4-7-11(13)12(10)14/h2,4,6-9,15H,1,3,5H2. The molecule has 1 aromatic rings. The monoisotopic (exact) mass is 209 g/mol. The number of benzene rings is 1. The first-order valence-corrected chi connectivity index (χ1v) is 4.76. The molecule has 1 rings (SSSR count). The Morgan fingerprint density at radius 1 is 1.40 bits per heavy atom. The molecule has 1 nitrogen and oxygen atoms in total. The van der Waals surface area contributed by atoms with E-state index in [1.807, 2.05) is 0 Å². The molecule has 0 heterocycles. The van der Waals surface area contributed by atoms with Crippen LogP contribution in [0.5, 0.6) is 0 Å². The molecule has 15 heavy (non-hydrogen) atoms. The summed E-state index contributed by atoms with van der Waals surface area (Å²) in [6.07, 6.45) is 4.10. The zero-order valence-electron chi connectivity index (χ0n) is 8.34. The average Bonchev–Trinajstić information content (AvgIpc) is 2.25. The lowest BCUT2D eigenvalue weighted by molar-refractivity contribution is 0.495. The minimum absolute atomic E-state index is 0.242. The van der Waals surface area contributed by atoms with Crippen molar-refractivity contribution in [3.8, 4) is 0 Å². The van der Waals surface area contributed by atoms with Gasteiger partial charge in [0.1, 0.15) is 0 Å². The maximum Gasteiger partial charge on any atom is 0.162 e. The minimum atomic E-state index is -0.863. The second-order valence-corrected chi connectivity index (χ2v) is 3.28. The quantitative estimate of drug-likeness (QED) is 0.565. The lowest BCUT2D eigenvalue weighted by Gasteiger charge is -2.11. The van der Waals surface area contributed by atoms with Crippen LogP contribution in [0.25, 0.3) is 0 Å². The van der Waals surface area contributed by atoms with E-state index in [1.165, 1.54) is 12.1 Å². The minimum Gasteiger partial charge on any atom is -0.312 e. The highest BCUT2D eigenvalue weighted by atomic mass is 19.2. The average molecular weight is 209 g/mol. The predicted molar refractivity (Wildman–Crippen MR) is 57.3 cm³/mol. The molecule has 0 saturated heterocycles. The summed E-state index contributed by atoms with van der Waals surface area (Å²) in [5, 5.41) is 7.19. The molecule has 0 spiro atoms. The van der Waals surface area contributed by atoms with E-state index in [1.54, 1.807) is 6.08 Å². The van der Waals surface area contributed by atoms with Gasteiger partial charge in [0.2, 0.25) is 0 Å². The molecule has 3 heteroatoms. The highest BCUT2D eigenvalue weighted by Gasteiger charge is 2.15. The molecule has 0 fully saturated rings. The smallest absolute Gasteiger partial charge is 0.162 e. The van der Waals surface area contributed by atoms with E-state index in [9.17, 15) is 8.78 Å². The Labute approximate surface area is 87.9 Å². The van der Waals surface area contributed by atoms with Crippen molar-refractivity contribution in [1.29, 1.82) is 5.41 Å². The predicted octanol–water partition coefficient (Wildman–Crippen LogP) is 3.66. The van der Waals surface area contributed by atoms with Crippen LogP contribution in [0.1, 0.15) is 24.3 Å². The first-order valence-electron chi connectivity index (χ1n) is 4.76. The third kappa shape index (κ3) is 2.72. The summed E-state index contributed by atoms with van der Waals surface area (Å²) < 4.78 is 26.3. The van der Waals surface area contributed by atoms with Gasteiger partial charge in [-0.15, -0.1) is 6.58 Å². The fourth-order valence-corrected chi connectivity index (χ4v) is 1.43. The van der Waals surface area contributed by atoms with Crippen molar-refractivity contribution in [3.63, 3.8) is 0 Å². The Morgan fingerprint density at radius 2 is 2.13 bits per heavy atom. The van der Waals surface area contributed by atoms with Gasteiger partial charge in [-0.3, -0.25) is 0 Å². The van der Waals surface area contributed by atoms with E-state index >= 15 is 0 Å². The summed E-state index contributed by atoms with van der Waals surface area (Å²) >= 11 is 0. The van der Waals surface area contributed by atoms with Crippen molar-refractivity contribution in [2.45, 2.75) is 18.8 Å². The first kappa shape index (κ1) is 11.6. The van der Waals surface area contributed by atoms with Gasteiger partial charge >= 0.3 is 0 Å². The molecule has 1 atom stereocenters. The van der Waals surface area contributed by atoms with Crippen molar-refractivity contribution >= 4 is 6.21 Å². The molecule has 0 aliphatic carbocycles. The summed E-state index contributed by atoms with van der Waals surface area (Å²) in [5.74, 6) is -2.09. The van der Waals surface area contributed by atoms with E-state index in [4.69, 9.17) is 5.41 Å². The van der Waals surface area contributed by atoms with Gasteiger partial charge in [-0.25, -0.2) is 8.78 Å². The zero-order valence-corrected chi connectivity index (χ0v) is 8.34. The molecule has 0 aliphatic rings. The van der Waals surface area contributed by atoms with E-state index in [0.717, 1.165) is 12.3 Å². The van der Waals surface area contributed by atoms with E-state index < -0.39 is 11.6 Å². The topological polar surface area (TPSA) is 23.9 Å². The van der Waals surface area contributed by atoms with Gasteiger partial charge in [-0.05, 0) is 24.5 Å². The molecular formula is C12H13F2N. The van der Waals surface area contributed by atoms with Crippen molar-refractivity contribution in [2.24, 2.45) is 0 Å². The highest BCUT2D eigenvalue weighted by Crippen LogP contribution is 2.23. The summed E-state index contributed by atoms with van der Waals surface area (Å²) in [6, 6.07) is 4.04. The van der Waals surface area contributed by atoms with Crippen LogP contribution in [0.3, 0.4) is 0 Å². The van der Waals surface area contributed by atoms with Crippen LogP contribution >= 0.6 is 0 Å². The lowest BCUT2D eigenvalue weighted by atomic mass is 9.95. The molecule has 0 aliphatic heterocycles. The van der Waals surface area contributed by atoms with Crippen LogP contribution in [0.4, 0.5) is 8.78 Å². The van der Waals surface area contributed by atoms with Gasteiger partial charge in [0.15, 0.2) is 11.6 Å². The molecule has 1 unspecified atom stereocenters. The van der Waals surface area contributed by atoms with Crippen LogP contribution in [-0.2, 0) is 0 Å². The second-order valence-electron chi connectivity index (χ2n) is 3.28. The van der Waals surface area contributed by atoms with Crippen LogP contribution in [0.15, 0.2) is 30.9 Å². The first-order chi connectivity index (χ1) is 7.20. The van der Waals surface area contributed by atoms with Gasteiger partial charge in [-0.2, -0.15) is 0 Å². The molecule has 1 aromatic carbocycles. The second kappa shape index (κ2) is 5.39. The van der Waals surface area contributed by atoms with E-state index in [-0.39, 0.29) is 11.5 Å². The molecule has 0 bridgehead atoms. The molecule has 0 radical (unpaired) electrons. The fourth-order valence-electron chi connectivity index (χ4n) is 1.43. The van der Waals surface area contributed by atoms with E-state index in [0.29, 0.717) is 12.8 Å². The van der Waals surface area contributed by atoms with Gasteiger partial charge in [0.05, 0.1) is 0 Å².